The molecule has 1 aromatic rings. The number of ketones is 1. The fraction of sp³-hybridized carbons (Fsp3) is 0.385. The van der Waals surface area contributed by atoms with Crippen molar-refractivity contribution in [2.24, 2.45) is 0 Å². The Bertz CT molecular complexity index is 398. The van der Waals surface area contributed by atoms with Crippen LogP contribution in [0.25, 0.3) is 0 Å². The molecule has 0 saturated heterocycles. The average Bonchev–Trinajstić information content (AvgIpc) is 2.25. The van der Waals surface area contributed by atoms with Gasteiger partial charge in [0.1, 0.15) is 0 Å². The molecule has 0 unspecified atom stereocenters. The van der Waals surface area contributed by atoms with Crippen LogP contribution in [0.15, 0.2) is 18.5 Å². The molecule has 0 fully saturated rings. The van der Waals surface area contributed by atoms with Gasteiger partial charge in [-0.3, -0.25) is 9.78 Å². The van der Waals surface area contributed by atoms with Gasteiger partial charge in [0, 0.05) is 29.9 Å². The molecule has 0 aliphatic carbocycles. The van der Waals surface area contributed by atoms with Crippen LogP contribution in [0.3, 0.4) is 0 Å². The molecule has 0 saturated carbocycles. The minimum atomic E-state index is 0.0275. The Kier molecular flexibility index (Phi) is 4.56. The Labute approximate surface area is 90.7 Å². The molecular formula is C13H15NO. The number of nitrogens with zero attached hydrogens (tertiary/aromatic N) is 1. The van der Waals surface area contributed by atoms with E-state index in [4.69, 9.17) is 0 Å². The van der Waals surface area contributed by atoms with Gasteiger partial charge in [0.15, 0.2) is 5.78 Å². The van der Waals surface area contributed by atoms with Crippen LogP contribution in [-0.2, 0) is 0 Å². The van der Waals surface area contributed by atoms with Crippen LogP contribution in [0.4, 0.5) is 0 Å². The van der Waals surface area contributed by atoms with Crippen molar-refractivity contribution in [2.45, 2.75) is 33.1 Å². The molecule has 0 aromatic carbocycles. The summed E-state index contributed by atoms with van der Waals surface area (Å²) in [4.78, 5) is 15.1. The van der Waals surface area contributed by atoms with E-state index < -0.39 is 0 Å². The third kappa shape index (κ3) is 3.95. The Morgan fingerprint density at radius 2 is 2.27 bits per heavy atom. The Hall–Kier alpha value is -1.62. The highest BCUT2D eigenvalue weighted by molar-refractivity contribution is 5.93. The molecule has 1 aromatic heterocycles. The maximum atomic E-state index is 11.1. The monoisotopic (exact) mass is 201 g/mol. The van der Waals surface area contributed by atoms with Crippen molar-refractivity contribution in [1.29, 1.82) is 0 Å². The number of Topliss-reactive ketones (excluding diaryl/α,β-unsaturated/α-hetero) is 1. The molecule has 0 radical (unpaired) electrons. The molecule has 2 nitrogen and oxygen atoms in total. The molecule has 0 atom stereocenters. The molecule has 2 heteroatoms. The van der Waals surface area contributed by atoms with Gasteiger partial charge in [-0.2, -0.15) is 0 Å². The number of carbonyl (C=O) groups is 1. The van der Waals surface area contributed by atoms with E-state index >= 15 is 0 Å². The topological polar surface area (TPSA) is 30.0 Å². The van der Waals surface area contributed by atoms with E-state index in [1.54, 1.807) is 18.5 Å². The van der Waals surface area contributed by atoms with Crippen molar-refractivity contribution < 1.29 is 4.79 Å². The molecule has 0 N–H and O–H groups in total. The third-order valence-electron chi connectivity index (χ3n) is 2.03. The highest BCUT2D eigenvalue weighted by Crippen LogP contribution is 2.02. The summed E-state index contributed by atoms with van der Waals surface area (Å²) in [5.74, 6) is 6.10. The first-order valence-electron chi connectivity index (χ1n) is 5.19. The lowest BCUT2D eigenvalue weighted by atomic mass is 10.1. The van der Waals surface area contributed by atoms with Crippen LogP contribution >= 0.6 is 0 Å². The van der Waals surface area contributed by atoms with Crippen molar-refractivity contribution in [3.05, 3.63) is 29.6 Å². The van der Waals surface area contributed by atoms with Crippen LogP contribution in [0.5, 0.6) is 0 Å². The van der Waals surface area contributed by atoms with Gasteiger partial charge >= 0.3 is 0 Å². The highest BCUT2D eigenvalue weighted by Gasteiger charge is 1.98. The second kappa shape index (κ2) is 5.98. The van der Waals surface area contributed by atoms with E-state index in [0.29, 0.717) is 5.56 Å². The zero-order valence-electron chi connectivity index (χ0n) is 9.21. The Balaban J connectivity index is 2.72. The van der Waals surface area contributed by atoms with Crippen LogP contribution in [-0.4, -0.2) is 10.8 Å². The molecule has 0 aliphatic heterocycles. The first-order chi connectivity index (χ1) is 7.24. The first-order valence-corrected chi connectivity index (χ1v) is 5.19. The minimum absolute atomic E-state index is 0.0275. The average molecular weight is 201 g/mol. The van der Waals surface area contributed by atoms with Gasteiger partial charge in [0.25, 0.3) is 0 Å². The van der Waals surface area contributed by atoms with Gasteiger partial charge in [0.2, 0.25) is 0 Å². The number of hydrogen-bond donors (Lipinski definition) is 0. The van der Waals surface area contributed by atoms with Crippen LogP contribution < -0.4 is 0 Å². The SMILES string of the molecule is CCCCC#Cc1cncc(C(C)=O)c1. The first kappa shape index (κ1) is 11.5. The summed E-state index contributed by atoms with van der Waals surface area (Å²) in [7, 11) is 0. The summed E-state index contributed by atoms with van der Waals surface area (Å²) in [6.45, 7) is 3.67. The molecule has 0 spiro atoms. The maximum absolute atomic E-state index is 11.1. The Morgan fingerprint density at radius 3 is 2.93 bits per heavy atom. The van der Waals surface area contributed by atoms with Crippen molar-refractivity contribution in [3.63, 3.8) is 0 Å². The lowest BCUT2D eigenvalue weighted by Gasteiger charge is -1.94. The normalized spacial score (nSPS) is 9.20. The summed E-state index contributed by atoms with van der Waals surface area (Å²) >= 11 is 0. The lowest BCUT2D eigenvalue weighted by Crippen LogP contribution is -1.93. The fourth-order valence-corrected chi connectivity index (χ4v) is 1.13. The molecule has 0 bridgehead atoms. The lowest BCUT2D eigenvalue weighted by molar-refractivity contribution is 0.101. The largest absolute Gasteiger partial charge is 0.294 e. The fourth-order valence-electron chi connectivity index (χ4n) is 1.13. The summed E-state index contributed by atoms with van der Waals surface area (Å²) < 4.78 is 0. The predicted molar refractivity (Wildman–Crippen MR) is 60.6 cm³/mol. The van der Waals surface area contributed by atoms with Gasteiger partial charge in [-0.15, -0.1) is 0 Å². The van der Waals surface area contributed by atoms with Gasteiger partial charge in [-0.05, 0) is 19.4 Å². The number of rotatable bonds is 3. The number of hydrogen-bond acceptors (Lipinski definition) is 2. The number of unbranched alkanes of at least 4 members (excludes halogenated alkanes) is 2. The van der Waals surface area contributed by atoms with Gasteiger partial charge in [-0.25, -0.2) is 0 Å². The predicted octanol–water partition coefficient (Wildman–Crippen LogP) is 2.83. The van der Waals surface area contributed by atoms with Crippen molar-refractivity contribution >= 4 is 5.78 Å². The molecule has 0 amide bonds. The van der Waals surface area contributed by atoms with Crippen LogP contribution in [0.1, 0.15) is 49.0 Å². The van der Waals surface area contributed by atoms with E-state index in [2.05, 4.69) is 23.7 Å². The van der Waals surface area contributed by atoms with Gasteiger partial charge in [-0.1, -0.05) is 25.2 Å². The van der Waals surface area contributed by atoms with E-state index in [-0.39, 0.29) is 5.78 Å². The molecular weight excluding hydrogens is 186 g/mol. The molecule has 78 valence electrons. The van der Waals surface area contributed by atoms with E-state index in [9.17, 15) is 4.79 Å². The van der Waals surface area contributed by atoms with Crippen molar-refractivity contribution in [2.75, 3.05) is 0 Å². The van der Waals surface area contributed by atoms with Crippen LogP contribution in [0.2, 0.25) is 0 Å². The van der Waals surface area contributed by atoms with Crippen LogP contribution in [0, 0.1) is 11.8 Å². The summed E-state index contributed by atoms with van der Waals surface area (Å²) in [6.07, 6.45) is 6.43. The van der Waals surface area contributed by atoms with Gasteiger partial charge in [0.05, 0.1) is 0 Å². The molecule has 1 heterocycles. The molecule has 0 aliphatic rings. The highest BCUT2D eigenvalue weighted by atomic mass is 16.1. The minimum Gasteiger partial charge on any atom is -0.294 e. The van der Waals surface area contributed by atoms with E-state index in [0.717, 1.165) is 24.8 Å². The van der Waals surface area contributed by atoms with Gasteiger partial charge < -0.3 is 0 Å². The maximum Gasteiger partial charge on any atom is 0.161 e. The Morgan fingerprint density at radius 1 is 1.47 bits per heavy atom. The van der Waals surface area contributed by atoms with E-state index in [1.807, 2.05) is 0 Å². The van der Waals surface area contributed by atoms with Crippen molar-refractivity contribution in [1.82, 2.24) is 4.98 Å². The quantitative estimate of drug-likeness (QED) is 0.427. The third-order valence-corrected chi connectivity index (χ3v) is 2.03. The summed E-state index contributed by atoms with van der Waals surface area (Å²) in [6, 6.07) is 1.79. The van der Waals surface area contributed by atoms with E-state index in [1.165, 1.54) is 6.92 Å². The smallest absolute Gasteiger partial charge is 0.161 e. The zero-order chi connectivity index (χ0) is 11.1. The second-order valence-electron chi connectivity index (χ2n) is 3.42. The summed E-state index contributed by atoms with van der Waals surface area (Å²) in [5.41, 5.74) is 1.44. The van der Waals surface area contributed by atoms with Crippen molar-refractivity contribution in [3.8, 4) is 11.8 Å². The molecule has 15 heavy (non-hydrogen) atoms. The number of pyridine rings is 1. The summed E-state index contributed by atoms with van der Waals surface area (Å²) in [5, 5.41) is 0. The standard InChI is InChI=1S/C13H15NO/c1-3-4-5-6-7-12-8-13(11(2)15)10-14-9-12/h8-10H,3-5H2,1-2H3. The number of carbonyl (C=O) groups excluding carboxylic acids is 1. The second-order valence-corrected chi connectivity index (χ2v) is 3.42. The number of aromatic nitrogens is 1. The molecule has 1 rings (SSSR count). The zero-order valence-corrected chi connectivity index (χ0v) is 9.21.